The summed E-state index contributed by atoms with van der Waals surface area (Å²) < 4.78 is 20.3. The van der Waals surface area contributed by atoms with Gasteiger partial charge >= 0.3 is 23.9 Å². The third-order valence-electron chi connectivity index (χ3n) is 4.93. The molecule has 10 nitrogen and oxygen atoms in total. The molecule has 1 aliphatic rings. The van der Waals surface area contributed by atoms with Crippen LogP contribution in [0.1, 0.15) is 47.0 Å². The summed E-state index contributed by atoms with van der Waals surface area (Å²) in [6, 6.07) is -0.477. The van der Waals surface area contributed by atoms with Crippen molar-refractivity contribution in [2.75, 3.05) is 52.6 Å². The van der Waals surface area contributed by atoms with Crippen LogP contribution in [0.5, 0.6) is 0 Å². The Kier molecular flexibility index (Phi) is 12.8. The van der Waals surface area contributed by atoms with Crippen LogP contribution in [-0.4, -0.2) is 98.4 Å². The third kappa shape index (κ3) is 9.65. The summed E-state index contributed by atoms with van der Waals surface area (Å²) in [4.78, 5) is 52.1. The molecule has 1 fully saturated rings. The molecule has 0 amide bonds. The minimum Gasteiger partial charge on any atom is -0.465 e. The summed E-state index contributed by atoms with van der Waals surface area (Å²) in [5, 5.41) is 0. The summed E-state index contributed by atoms with van der Waals surface area (Å²) in [5.74, 6) is -1.78. The van der Waals surface area contributed by atoms with Crippen LogP contribution < -0.4 is 0 Å². The highest BCUT2D eigenvalue weighted by Crippen LogP contribution is 2.29. The van der Waals surface area contributed by atoms with E-state index in [-0.39, 0.29) is 64.7 Å². The van der Waals surface area contributed by atoms with Crippen LogP contribution in [0, 0.1) is 0 Å². The normalized spacial score (nSPS) is 18.1. The molecule has 1 aliphatic carbocycles. The van der Waals surface area contributed by atoms with E-state index in [0.717, 1.165) is 6.42 Å². The number of ether oxygens (including phenoxy) is 4. The molecule has 2 atom stereocenters. The lowest BCUT2D eigenvalue weighted by Gasteiger charge is -2.37. The van der Waals surface area contributed by atoms with Crippen molar-refractivity contribution in [3.8, 4) is 0 Å². The van der Waals surface area contributed by atoms with Gasteiger partial charge in [0.05, 0.1) is 52.6 Å². The zero-order chi connectivity index (χ0) is 23.2. The first-order chi connectivity index (χ1) is 14.9. The van der Waals surface area contributed by atoms with Gasteiger partial charge in [-0.05, 0) is 40.5 Å². The fourth-order valence-electron chi connectivity index (χ4n) is 3.84. The minimum absolute atomic E-state index is 0.0829. The van der Waals surface area contributed by atoms with Crippen LogP contribution in [-0.2, 0) is 38.1 Å². The maximum absolute atomic E-state index is 12.2. The Bertz CT molecular complexity index is 508. The summed E-state index contributed by atoms with van der Waals surface area (Å²) >= 11 is 0. The zero-order valence-electron chi connectivity index (χ0n) is 19.1. The van der Waals surface area contributed by atoms with E-state index in [4.69, 9.17) is 18.9 Å². The molecule has 31 heavy (non-hydrogen) atoms. The van der Waals surface area contributed by atoms with Crippen LogP contribution in [0.3, 0.4) is 0 Å². The van der Waals surface area contributed by atoms with Gasteiger partial charge in [0.15, 0.2) is 0 Å². The van der Waals surface area contributed by atoms with Crippen molar-refractivity contribution in [3.63, 3.8) is 0 Å². The van der Waals surface area contributed by atoms with E-state index in [1.54, 1.807) is 37.5 Å². The van der Waals surface area contributed by atoms with Gasteiger partial charge in [0.1, 0.15) is 0 Å². The molecule has 1 rings (SSSR count). The van der Waals surface area contributed by atoms with Gasteiger partial charge in [0.25, 0.3) is 0 Å². The van der Waals surface area contributed by atoms with Crippen LogP contribution >= 0.6 is 0 Å². The average Bonchev–Trinajstić information content (AvgIpc) is 3.17. The van der Waals surface area contributed by atoms with E-state index in [0.29, 0.717) is 12.8 Å². The first-order valence-electron chi connectivity index (χ1n) is 11.0. The number of hydrogen-bond donors (Lipinski definition) is 0. The molecule has 178 valence electrons. The lowest BCUT2D eigenvalue weighted by Crippen LogP contribution is -2.54. The van der Waals surface area contributed by atoms with Crippen molar-refractivity contribution in [1.29, 1.82) is 0 Å². The molecule has 1 saturated carbocycles. The zero-order valence-corrected chi connectivity index (χ0v) is 19.1. The molecule has 0 aromatic carbocycles. The highest BCUT2D eigenvalue weighted by atomic mass is 16.5. The summed E-state index contributed by atoms with van der Waals surface area (Å²) in [6.07, 6.45) is 2.22. The van der Waals surface area contributed by atoms with Gasteiger partial charge in [-0.2, -0.15) is 0 Å². The van der Waals surface area contributed by atoms with Gasteiger partial charge in [0.2, 0.25) is 0 Å². The van der Waals surface area contributed by atoms with Crippen molar-refractivity contribution in [3.05, 3.63) is 0 Å². The predicted octanol–water partition coefficient (Wildman–Crippen LogP) is 0.764. The maximum Gasteiger partial charge on any atom is 0.320 e. The molecule has 0 aliphatic heterocycles. The van der Waals surface area contributed by atoms with Crippen LogP contribution in [0.15, 0.2) is 0 Å². The van der Waals surface area contributed by atoms with Crippen LogP contribution in [0.2, 0.25) is 0 Å². The Morgan fingerprint density at radius 1 is 0.581 bits per heavy atom. The van der Waals surface area contributed by atoms with Crippen molar-refractivity contribution in [1.82, 2.24) is 9.80 Å². The molecular weight excluding hydrogens is 408 g/mol. The number of nitrogens with zero attached hydrogens (tertiary/aromatic N) is 2. The van der Waals surface area contributed by atoms with Crippen LogP contribution in [0.25, 0.3) is 0 Å². The highest BCUT2D eigenvalue weighted by Gasteiger charge is 2.39. The quantitative estimate of drug-likeness (QED) is 0.281. The number of carbonyl (C=O) groups is 4. The molecule has 0 heterocycles. The standard InChI is InChI=1S/C21H36N2O8/c1-5-28-18(24)12-22(13-19(25)29-6-2)16-10-9-11-17(16)23(14-20(26)30-7-3)15-21(27)31-8-4/h16-17H,5-15H2,1-4H3/t16-,17-/m1/s1. The van der Waals surface area contributed by atoms with Gasteiger partial charge in [0, 0.05) is 12.1 Å². The Balaban J connectivity index is 3.07. The van der Waals surface area contributed by atoms with Gasteiger partial charge in [-0.3, -0.25) is 29.0 Å². The SMILES string of the molecule is CCOC(=O)CN(CC(=O)OCC)[C@@H]1CCC[C@H]1N(CC(=O)OCC)CC(=O)OCC. The van der Waals surface area contributed by atoms with E-state index in [9.17, 15) is 19.2 Å². The van der Waals surface area contributed by atoms with Crippen molar-refractivity contribution >= 4 is 23.9 Å². The predicted molar refractivity (Wildman–Crippen MR) is 111 cm³/mol. The molecule has 0 spiro atoms. The van der Waals surface area contributed by atoms with Gasteiger partial charge in [-0.25, -0.2) is 0 Å². The Labute approximate surface area is 184 Å². The smallest absolute Gasteiger partial charge is 0.320 e. The molecule has 10 heteroatoms. The molecular formula is C21H36N2O8. The fourth-order valence-corrected chi connectivity index (χ4v) is 3.84. The largest absolute Gasteiger partial charge is 0.465 e. The van der Waals surface area contributed by atoms with Gasteiger partial charge in [-0.1, -0.05) is 6.42 Å². The molecule has 0 unspecified atom stereocenters. The number of hydrogen-bond acceptors (Lipinski definition) is 10. The summed E-state index contributed by atoms with van der Waals surface area (Å²) in [7, 11) is 0. The topological polar surface area (TPSA) is 112 Å². The monoisotopic (exact) mass is 444 g/mol. The van der Waals surface area contributed by atoms with Gasteiger partial charge < -0.3 is 18.9 Å². The first-order valence-corrected chi connectivity index (χ1v) is 11.0. The summed E-state index contributed by atoms with van der Waals surface area (Å²) in [6.45, 7) is 7.46. The Morgan fingerprint density at radius 3 is 1.06 bits per heavy atom. The van der Waals surface area contributed by atoms with E-state index in [1.165, 1.54) is 0 Å². The van der Waals surface area contributed by atoms with E-state index in [2.05, 4.69) is 0 Å². The molecule has 0 N–H and O–H groups in total. The number of carbonyl (C=O) groups excluding carboxylic acids is 4. The van der Waals surface area contributed by atoms with Crippen molar-refractivity contribution in [2.45, 2.75) is 59.0 Å². The molecule has 0 radical (unpaired) electrons. The second kappa shape index (κ2) is 14.7. The van der Waals surface area contributed by atoms with Crippen LogP contribution in [0.4, 0.5) is 0 Å². The Morgan fingerprint density at radius 2 is 0.839 bits per heavy atom. The highest BCUT2D eigenvalue weighted by molar-refractivity contribution is 5.76. The molecule has 0 aromatic heterocycles. The van der Waals surface area contributed by atoms with E-state index >= 15 is 0 Å². The first kappa shape index (κ1) is 26.8. The fraction of sp³-hybridized carbons (Fsp3) is 0.810. The minimum atomic E-state index is -0.445. The third-order valence-corrected chi connectivity index (χ3v) is 4.93. The number of esters is 4. The number of rotatable bonds is 14. The second-order valence-corrected chi connectivity index (χ2v) is 7.10. The van der Waals surface area contributed by atoms with E-state index in [1.807, 2.05) is 0 Å². The maximum atomic E-state index is 12.2. The van der Waals surface area contributed by atoms with E-state index < -0.39 is 23.9 Å². The molecule has 0 aromatic rings. The Hall–Kier alpha value is -2.20. The summed E-state index contributed by atoms with van der Waals surface area (Å²) in [5.41, 5.74) is 0. The van der Waals surface area contributed by atoms with Crippen molar-refractivity contribution in [2.24, 2.45) is 0 Å². The lowest BCUT2D eigenvalue weighted by atomic mass is 10.1. The molecule has 0 saturated heterocycles. The lowest BCUT2D eigenvalue weighted by molar-refractivity contribution is -0.154. The molecule has 0 bridgehead atoms. The van der Waals surface area contributed by atoms with Crippen molar-refractivity contribution < 1.29 is 38.1 Å². The van der Waals surface area contributed by atoms with Gasteiger partial charge in [-0.15, -0.1) is 0 Å². The average molecular weight is 445 g/mol. The second-order valence-electron chi connectivity index (χ2n) is 7.10.